The fourth-order valence-corrected chi connectivity index (χ4v) is 2.55. The molecule has 0 fully saturated rings. The summed E-state index contributed by atoms with van der Waals surface area (Å²) in [6.07, 6.45) is -1.12. The molecular formula is C16H17F2NO3S. The molecule has 0 saturated carbocycles. The third-order valence-corrected chi connectivity index (χ3v) is 3.67. The first kappa shape index (κ1) is 17.4. The van der Waals surface area contributed by atoms with Crippen molar-refractivity contribution in [2.45, 2.75) is 19.3 Å². The molecule has 0 aliphatic heterocycles. The molecule has 0 aromatic heterocycles. The lowest BCUT2D eigenvalue weighted by atomic mass is 10.1. The van der Waals surface area contributed by atoms with E-state index in [4.69, 9.17) is 4.74 Å². The Bertz CT molecular complexity index is 751. The fourth-order valence-electron chi connectivity index (χ4n) is 2.00. The van der Waals surface area contributed by atoms with E-state index in [1.807, 2.05) is 35.1 Å². The maximum Gasteiger partial charge on any atom is 0.211 e. The lowest BCUT2D eigenvalue weighted by Crippen LogP contribution is -2.32. The van der Waals surface area contributed by atoms with Crippen molar-refractivity contribution in [1.82, 2.24) is 4.72 Å². The molecule has 0 amide bonds. The first-order chi connectivity index (χ1) is 10.8. The summed E-state index contributed by atoms with van der Waals surface area (Å²) in [5.74, 6) is -0.561. The van der Waals surface area contributed by atoms with Crippen LogP contribution in [0.5, 0.6) is 5.75 Å². The minimum atomic E-state index is -3.64. The van der Waals surface area contributed by atoms with Gasteiger partial charge in [-0.2, -0.15) is 4.72 Å². The van der Waals surface area contributed by atoms with Gasteiger partial charge in [-0.15, -0.1) is 0 Å². The van der Waals surface area contributed by atoms with Gasteiger partial charge in [-0.05, 0) is 23.3 Å². The van der Waals surface area contributed by atoms with E-state index in [-0.39, 0.29) is 18.8 Å². The molecule has 1 N–H and O–H groups in total. The number of rotatable bonds is 7. The van der Waals surface area contributed by atoms with Crippen molar-refractivity contribution in [3.63, 3.8) is 0 Å². The van der Waals surface area contributed by atoms with Gasteiger partial charge in [0.1, 0.15) is 6.61 Å². The Balaban J connectivity index is 2.03. The van der Waals surface area contributed by atoms with Gasteiger partial charge in [-0.1, -0.05) is 36.4 Å². The summed E-state index contributed by atoms with van der Waals surface area (Å²) in [6.45, 7) is 0.182. The Kier molecular flexibility index (Phi) is 5.68. The Hall–Kier alpha value is -1.99. The smallest absolute Gasteiger partial charge is 0.211 e. The molecule has 7 heteroatoms. The Morgan fingerprint density at radius 3 is 2.48 bits per heavy atom. The van der Waals surface area contributed by atoms with E-state index >= 15 is 0 Å². The van der Waals surface area contributed by atoms with E-state index in [1.165, 1.54) is 18.2 Å². The number of hydrogen-bond acceptors (Lipinski definition) is 3. The first-order valence-corrected chi connectivity index (χ1v) is 8.79. The van der Waals surface area contributed by atoms with Crippen molar-refractivity contribution in [1.29, 1.82) is 0 Å². The zero-order chi connectivity index (χ0) is 16.9. The van der Waals surface area contributed by atoms with Crippen LogP contribution in [-0.2, 0) is 23.1 Å². The predicted molar refractivity (Wildman–Crippen MR) is 83.8 cm³/mol. The molecule has 0 bridgehead atoms. The van der Waals surface area contributed by atoms with Gasteiger partial charge in [-0.3, -0.25) is 0 Å². The molecule has 2 rings (SSSR count). The van der Waals surface area contributed by atoms with Crippen LogP contribution in [0.1, 0.15) is 11.1 Å². The van der Waals surface area contributed by atoms with Crippen molar-refractivity contribution < 1.29 is 21.9 Å². The van der Waals surface area contributed by atoms with Gasteiger partial charge >= 0.3 is 0 Å². The number of sulfonamides is 1. The zero-order valence-electron chi connectivity index (χ0n) is 12.5. The Labute approximate surface area is 134 Å². The van der Waals surface area contributed by atoms with Crippen molar-refractivity contribution in [2.24, 2.45) is 0 Å². The number of ether oxygens (including phenoxy) is 1. The number of nitrogens with one attached hydrogen (secondary N) is 1. The highest BCUT2D eigenvalue weighted by molar-refractivity contribution is 7.88. The summed E-state index contributed by atoms with van der Waals surface area (Å²) in [4.78, 5) is 0. The van der Waals surface area contributed by atoms with Crippen LogP contribution in [0.4, 0.5) is 8.78 Å². The van der Waals surface area contributed by atoms with Gasteiger partial charge in [0.15, 0.2) is 17.9 Å². The molecule has 0 aliphatic carbocycles. The predicted octanol–water partition coefficient (Wildman–Crippen LogP) is 2.79. The molecule has 0 heterocycles. The molecule has 0 spiro atoms. The topological polar surface area (TPSA) is 55.4 Å². The van der Waals surface area contributed by atoms with E-state index in [9.17, 15) is 17.2 Å². The number of alkyl halides is 1. The fraction of sp³-hybridized carbons (Fsp3) is 0.250. The maximum absolute atomic E-state index is 13.8. The SMILES string of the molecule is CS(=O)(=O)NC(F)Cc1ccc(F)c(OCc2ccccc2)c1. The summed E-state index contributed by atoms with van der Waals surface area (Å²) in [5, 5.41) is 0. The number of halogens is 2. The monoisotopic (exact) mass is 341 g/mol. The van der Waals surface area contributed by atoms with E-state index in [0.717, 1.165) is 11.8 Å². The minimum Gasteiger partial charge on any atom is -0.486 e. The summed E-state index contributed by atoms with van der Waals surface area (Å²) in [7, 11) is -3.64. The molecule has 2 aromatic rings. The summed E-state index contributed by atoms with van der Waals surface area (Å²) < 4.78 is 56.6. The highest BCUT2D eigenvalue weighted by atomic mass is 32.2. The largest absolute Gasteiger partial charge is 0.486 e. The van der Waals surface area contributed by atoms with Gasteiger partial charge in [-0.25, -0.2) is 17.2 Å². The van der Waals surface area contributed by atoms with Crippen molar-refractivity contribution in [3.05, 3.63) is 65.5 Å². The van der Waals surface area contributed by atoms with Gasteiger partial charge in [0.25, 0.3) is 0 Å². The van der Waals surface area contributed by atoms with Crippen molar-refractivity contribution in [3.8, 4) is 5.75 Å². The van der Waals surface area contributed by atoms with Gasteiger partial charge in [0.2, 0.25) is 10.0 Å². The summed E-state index contributed by atoms with van der Waals surface area (Å²) in [6, 6.07) is 13.2. The van der Waals surface area contributed by atoms with Crippen molar-refractivity contribution in [2.75, 3.05) is 6.26 Å². The average Bonchev–Trinajstić information content (AvgIpc) is 2.47. The molecule has 4 nitrogen and oxygen atoms in total. The molecular weight excluding hydrogens is 324 g/mol. The lowest BCUT2D eigenvalue weighted by Gasteiger charge is -2.12. The standard InChI is InChI=1S/C16H17F2NO3S/c1-23(20,21)19-16(18)10-13-7-8-14(17)15(9-13)22-11-12-5-3-2-4-6-12/h2-9,16,19H,10-11H2,1H3. The van der Waals surface area contributed by atoms with Crippen LogP contribution in [0.3, 0.4) is 0 Å². The minimum absolute atomic E-state index is 0.00194. The van der Waals surface area contributed by atoms with Gasteiger partial charge < -0.3 is 4.74 Å². The van der Waals surface area contributed by atoms with Crippen molar-refractivity contribution >= 4 is 10.0 Å². The second-order valence-electron chi connectivity index (χ2n) is 5.10. The number of hydrogen-bond donors (Lipinski definition) is 1. The second kappa shape index (κ2) is 7.52. The third-order valence-electron chi connectivity index (χ3n) is 2.99. The molecule has 0 radical (unpaired) electrons. The quantitative estimate of drug-likeness (QED) is 0.788. The Morgan fingerprint density at radius 1 is 1.13 bits per heavy atom. The van der Waals surface area contributed by atoms with Gasteiger partial charge in [0.05, 0.1) is 6.26 Å². The summed E-state index contributed by atoms with van der Waals surface area (Å²) in [5.41, 5.74) is 1.30. The van der Waals surface area contributed by atoms with E-state index < -0.39 is 22.1 Å². The second-order valence-corrected chi connectivity index (χ2v) is 6.88. The molecule has 0 aliphatic rings. The molecule has 124 valence electrons. The van der Waals surface area contributed by atoms with Crippen LogP contribution in [0.2, 0.25) is 0 Å². The van der Waals surface area contributed by atoms with Crippen LogP contribution in [0.15, 0.2) is 48.5 Å². The van der Waals surface area contributed by atoms with Crippen LogP contribution in [-0.4, -0.2) is 21.0 Å². The number of benzene rings is 2. The molecule has 1 atom stereocenters. The van der Waals surface area contributed by atoms with E-state index in [0.29, 0.717) is 5.56 Å². The molecule has 0 saturated heterocycles. The Morgan fingerprint density at radius 2 is 1.83 bits per heavy atom. The van der Waals surface area contributed by atoms with E-state index in [1.54, 1.807) is 0 Å². The van der Waals surface area contributed by atoms with Gasteiger partial charge in [0, 0.05) is 6.42 Å². The van der Waals surface area contributed by atoms with Crippen LogP contribution < -0.4 is 9.46 Å². The highest BCUT2D eigenvalue weighted by Crippen LogP contribution is 2.21. The third kappa shape index (κ3) is 5.96. The molecule has 23 heavy (non-hydrogen) atoms. The average molecular weight is 341 g/mol. The first-order valence-electron chi connectivity index (χ1n) is 6.90. The van der Waals surface area contributed by atoms with E-state index in [2.05, 4.69) is 0 Å². The normalized spacial score (nSPS) is 12.8. The molecule has 2 aromatic carbocycles. The summed E-state index contributed by atoms with van der Waals surface area (Å²) >= 11 is 0. The molecule has 1 unspecified atom stereocenters. The van der Waals surface area contributed by atoms with Crippen LogP contribution >= 0.6 is 0 Å². The maximum atomic E-state index is 13.8. The zero-order valence-corrected chi connectivity index (χ0v) is 13.3. The lowest BCUT2D eigenvalue weighted by molar-refractivity contribution is 0.288. The highest BCUT2D eigenvalue weighted by Gasteiger charge is 2.14. The van der Waals surface area contributed by atoms with Crippen LogP contribution in [0.25, 0.3) is 0 Å². The van der Waals surface area contributed by atoms with Crippen LogP contribution in [0, 0.1) is 5.82 Å².